The fourth-order valence-corrected chi connectivity index (χ4v) is 1.66. The van der Waals surface area contributed by atoms with E-state index in [-0.39, 0.29) is 0 Å². The van der Waals surface area contributed by atoms with Crippen molar-refractivity contribution >= 4 is 16.7 Å². The van der Waals surface area contributed by atoms with E-state index >= 15 is 0 Å². The molecule has 1 saturated heterocycles. The Hall–Kier alpha value is -0.680. The van der Waals surface area contributed by atoms with Crippen LogP contribution in [0.25, 0.3) is 0 Å². The summed E-state index contributed by atoms with van der Waals surface area (Å²) in [7, 11) is 0. The topological polar surface area (TPSA) is 61.0 Å². The Bertz CT molecular complexity index is 244. The van der Waals surface area contributed by atoms with Crippen LogP contribution in [-0.2, 0) is 4.74 Å². The molecular weight excluding hydrogens is 162 g/mol. The van der Waals surface area contributed by atoms with Gasteiger partial charge in [-0.3, -0.25) is 0 Å². The van der Waals surface area contributed by atoms with Gasteiger partial charge in [-0.2, -0.15) is 4.37 Å². The molecule has 1 atom stereocenters. The van der Waals surface area contributed by atoms with E-state index < -0.39 is 0 Å². The first-order valence-corrected chi connectivity index (χ1v) is 4.30. The first-order valence-electron chi connectivity index (χ1n) is 3.53. The number of aromatic nitrogens is 2. The molecule has 0 saturated carbocycles. The summed E-state index contributed by atoms with van der Waals surface area (Å²) < 4.78 is 9.33. The average molecular weight is 171 g/mol. The number of rotatable bonds is 1. The van der Waals surface area contributed by atoms with Crippen molar-refractivity contribution in [3.63, 3.8) is 0 Å². The largest absolute Gasteiger partial charge is 0.381 e. The van der Waals surface area contributed by atoms with Crippen molar-refractivity contribution in [1.82, 2.24) is 9.36 Å². The number of nitrogens with zero attached hydrogens (tertiary/aromatic N) is 2. The third-order valence-electron chi connectivity index (χ3n) is 1.75. The van der Waals surface area contributed by atoms with Crippen LogP contribution in [0.4, 0.5) is 5.13 Å². The van der Waals surface area contributed by atoms with Gasteiger partial charge < -0.3 is 10.5 Å². The van der Waals surface area contributed by atoms with Crippen molar-refractivity contribution < 1.29 is 4.74 Å². The fraction of sp³-hybridized carbons (Fsp3) is 0.667. The molecule has 0 spiro atoms. The van der Waals surface area contributed by atoms with Crippen LogP contribution in [0.2, 0.25) is 0 Å². The van der Waals surface area contributed by atoms with Gasteiger partial charge in [-0.1, -0.05) is 0 Å². The first kappa shape index (κ1) is 7.00. The molecule has 1 aromatic rings. The van der Waals surface area contributed by atoms with Gasteiger partial charge in [0.05, 0.1) is 6.61 Å². The lowest BCUT2D eigenvalue weighted by atomic mass is 10.1. The molecule has 1 aromatic heterocycles. The molecule has 0 aromatic carbocycles. The van der Waals surface area contributed by atoms with Crippen LogP contribution in [0.5, 0.6) is 0 Å². The SMILES string of the molecule is Nc1nc(C2CCOC2)ns1. The van der Waals surface area contributed by atoms with Crippen LogP contribution >= 0.6 is 11.5 Å². The minimum Gasteiger partial charge on any atom is -0.381 e. The molecule has 0 aliphatic carbocycles. The minimum atomic E-state index is 0.378. The summed E-state index contributed by atoms with van der Waals surface area (Å²) in [5, 5.41) is 0.548. The van der Waals surface area contributed by atoms with E-state index in [4.69, 9.17) is 10.5 Å². The van der Waals surface area contributed by atoms with Gasteiger partial charge in [0.1, 0.15) is 5.82 Å². The Morgan fingerprint density at radius 1 is 1.64 bits per heavy atom. The fourth-order valence-electron chi connectivity index (χ4n) is 1.15. The molecule has 0 bridgehead atoms. The quantitative estimate of drug-likeness (QED) is 0.673. The van der Waals surface area contributed by atoms with Gasteiger partial charge in [0, 0.05) is 24.1 Å². The van der Waals surface area contributed by atoms with E-state index in [1.165, 1.54) is 11.5 Å². The van der Waals surface area contributed by atoms with Gasteiger partial charge in [0.25, 0.3) is 0 Å². The Labute approximate surface area is 68.6 Å². The summed E-state index contributed by atoms with van der Waals surface area (Å²) in [5.74, 6) is 1.23. The number of nitrogen functional groups attached to an aromatic ring is 1. The zero-order chi connectivity index (χ0) is 7.68. The van der Waals surface area contributed by atoms with E-state index in [0.717, 1.165) is 25.5 Å². The van der Waals surface area contributed by atoms with Crippen molar-refractivity contribution in [1.29, 1.82) is 0 Å². The van der Waals surface area contributed by atoms with Crippen LogP contribution in [0.1, 0.15) is 18.2 Å². The van der Waals surface area contributed by atoms with Crippen molar-refractivity contribution in [3.05, 3.63) is 5.82 Å². The lowest BCUT2D eigenvalue weighted by molar-refractivity contribution is 0.193. The van der Waals surface area contributed by atoms with Crippen LogP contribution in [0.15, 0.2) is 0 Å². The van der Waals surface area contributed by atoms with Gasteiger partial charge in [-0.25, -0.2) is 4.98 Å². The molecule has 11 heavy (non-hydrogen) atoms. The number of hydrogen-bond donors (Lipinski definition) is 1. The van der Waals surface area contributed by atoms with Crippen LogP contribution in [0.3, 0.4) is 0 Å². The lowest BCUT2D eigenvalue weighted by Gasteiger charge is -1.98. The molecule has 5 heteroatoms. The maximum Gasteiger partial charge on any atom is 0.199 e. The van der Waals surface area contributed by atoms with Crippen LogP contribution in [-0.4, -0.2) is 22.6 Å². The minimum absolute atomic E-state index is 0.378. The Kier molecular flexibility index (Phi) is 1.75. The van der Waals surface area contributed by atoms with Gasteiger partial charge in [0.2, 0.25) is 0 Å². The second-order valence-corrected chi connectivity index (χ2v) is 3.33. The van der Waals surface area contributed by atoms with Gasteiger partial charge in [0.15, 0.2) is 5.13 Å². The first-order chi connectivity index (χ1) is 5.36. The Balaban J connectivity index is 2.15. The number of nitrogens with two attached hydrogens (primary N) is 1. The molecule has 1 aliphatic rings. The molecule has 4 nitrogen and oxygen atoms in total. The molecule has 0 radical (unpaired) electrons. The van der Waals surface area contributed by atoms with Crippen LogP contribution in [0, 0.1) is 0 Å². The van der Waals surface area contributed by atoms with Crippen molar-refractivity contribution in [2.75, 3.05) is 18.9 Å². The zero-order valence-corrected chi connectivity index (χ0v) is 6.80. The lowest BCUT2D eigenvalue weighted by Crippen LogP contribution is -1.99. The third kappa shape index (κ3) is 1.34. The molecule has 2 heterocycles. The van der Waals surface area contributed by atoms with Gasteiger partial charge >= 0.3 is 0 Å². The summed E-state index contributed by atoms with van der Waals surface area (Å²) in [6, 6.07) is 0. The smallest absolute Gasteiger partial charge is 0.199 e. The summed E-state index contributed by atoms with van der Waals surface area (Å²) in [6.07, 6.45) is 1.02. The summed E-state index contributed by atoms with van der Waals surface area (Å²) in [6.45, 7) is 1.57. The zero-order valence-electron chi connectivity index (χ0n) is 5.99. The highest BCUT2D eigenvalue weighted by molar-refractivity contribution is 7.09. The predicted molar refractivity (Wildman–Crippen MR) is 42.5 cm³/mol. The molecule has 2 rings (SSSR count). The third-order valence-corrected chi connectivity index (χ3v) is 2.31. The number of ether oxygens (including phenoxy) is 1. The number of hydrogen-bond acceptors (Lipinski definition) is 5. The van der Waals surface area contributed by atoms with E-state index in [0.29, 0.717) is 11.0 Å². The molecule has 2 N–H and O–H groups in total. The highest BCUT2D eigenvalue weighted by Gasteiger charge is 2.21. The standard InChI is InChI=1S/C6H9N3OS/c7-6-8-5(9-11-6)4-1-2-10-3-4/h4H,1-3H2,(H2,7,8,9). The van der Waals surface area contributed by atoms with Crippen molar-refractivity contribution in [3.8, 4) is 0 Å². The highest BCUT2D eigenvalue weighted by Crippen LogP contribution is 2.24. The maximum absolute atomic E-state index is 5.45. The molecule has 1 unspecified atom stereocenters. The maximum atomic E-state index is 5.45. The second kappa shape index (κ2) is 2.75. The Morgan fingerprint density at radius 2 is 2.55 bits per heavy atom. The van der Waals surface area contributed by atoms with Gasteiger partial charge in [-0.05, 0) is 6.42 Å². The normalized spacial score (nSPS) is 24.2. The van der Waals surface area contributed by atoms with Gasteiger partial charge in [-0.15, -0.1) is 0 Å². The molecule has 60 valence electrons. The average Bonchev–Trinajstić information content (AvgIpc) is 2.55. The molecule has 1 fully saturated rings. The summed E-state index contributed by atoms with van der Waals surface area (Å²) in [5.41, 5.74) is 5.45. The van der Waals surface area contributed by atoms with E-state index in [2.05, 4.69) is 9.36 Å². The molecule has 1 aliphatic heterocycles. The Morgan fingerprint density at radius 3 is 3.09 bits per heavy atom. The summed E-state index contributed by atoms with van der Waals surface area (Å²) >= 11 is 1.25. The van der Waals surface area contributed by atoms with Crippen LogP contribution < -0.4 is 5.73 Å². The number of anilines is 1. The summed E-state index contributed by atoms with van der Waals surface area (Å²) in [4.78, 5) is 4.10. The highest BCUT2D eigenvalue weighted by atomic mass is 32.1. The monoisotopic (exact) mass is 171 g/mol. The molecule has 0 amide bonds. The molecular formula is C6H9N3OS. The predicted octanol–water partition coefficient (Wildman–Crippen LogP) is 0.624. The van der Waals surface area contributed by atoms with Crippen molar-refractivity contribution in [2.24, 2.45) is 0 Å². The second-order valence-electron chi connectivity index (χ2n) is 2.55. The van der Waals surface area contributed by atoms with E-state index in [1.807, 2.05) is 0 Å². The van der Waals surface area contributed by atoms with E-state index in [9.17, 15) is 0 Å². The van der Waals surface area contributed by atoms with Crippen molar-refractivity contribution in [2.45, 2.75) is 12.3 Å². The van der Waals surface area contributed by atoms with E-state index in [1.54, 1.807) is 0 Å².